The van der Waals surface area contributed by atoms with Gasteiger partial charge in [0.15, 0.2) is 5.78 Å². The molecule has 2 aliphatic rings. The molecule has 0 radical (unpaired) electrons. The van der Waals surface area contributed by atoms with Gasteiger partial charge in [-0.1, -0.05) is 12.1 Å². The first kappa shape index (κ1) is 25.0. The fourth-order valence-electron chi connectivity index (χ4n) is 5.32. The van der Waals surface area contributed by atoms with Gasteiger partial charge in [0.25, 0.3) is 5.91 Å². The number of nitrogens with zero attached hydrogens (tertiary/aromatic N) is 1. The van der Waals surface area contributed by atoms with Crippen LogP contribution in [-0.4, -0.2) is 42.8 Å². The maximum Gasteiger partial charge on any atom is 0.255 e. The summed E-state index contributed by atoms with van der Waals surface area (Å²) in [5.74, 6) is -0.138. The maximum atomic E-state index is 13.0. The Hall–Kier alpha value is -3.64. The second-order valence-corrected chi connectivity index (χ2v) is 10.2. The van der Waals surface area contributed by atoms with E-state index in [-0.39, 0.29) is 11.7 Å². The lowest BCUT2D eigenvalue weighted by atomic mass is 10.0. The zero-order valence-electron chi connectivity index (χ0n) is 21.8. The summed E-state index contributed by atoms with van der Waals surface area (Å²) >= 11 is 0. The molecule has 6 heteroatoms. The third-order valence-electron chi connectivity index (χ3n) is 7.64. The summed E-state index contributed by atoms with van der Waals surface area (Å²) in [6.07, 6.45) is 4.88. The Balaban J connectivity index is 1.24. The van der Waals surface area contributed by atoms with Crippen LogP contribution in [0.2, 0.25) is 0 Å². The number of hydrogen-bond acceptors (Lipinski definition) is 5. The highest BCUT2D eigenvalue weighted by Gasteiger charge is 2.27. The van der Waals surface area contributed by atoms with Gasteiger partial charge in [-0.3, -0.25) is 9.59 Å². The van der Waals surface area contributed by atoms with E-state index in [9.17, 15) is 9.59 Å². The van der Waals surface area contributed by atoms with E-state index in [0.29, 0.717) is 29.7 Å². The fourth-order valence-corrected chi connectivity index (χ4v) is 5.32. The summed E-state index contributed by atoms with van der Waals surface area (Å²) < 4.78 is 0. The Morgan fingerprint density at radius 2 is 1.65 bits per heavy atom. The van der Waals surface area contributed by atoms with Crippen LogP contribution >= 0.6 is 0 Å². The number of Topliss-reactive ketones (excluding diaryl/α,β-unsaturated/α-hetero) is 1. The molecule has 192 valence electrons. The van der Waals surface area contributed by atoms with Crippen LogP contribution < -0.4 is 16.0 Å². The largest absolute Gasteiger partial charge is 0.385 e. The number of hydrogen-bond donors (Lipinski definition) is 3. The van der Waals surface area contributed by atoms with Gasteiger partial charge in [-0.25, -0.2) is 0 Å². The van der Waals surface area contributed by atoms with Crippen LogP contribution in [0.3, 0.4) is 0 Å². The van der Waals surface area contributed by atoms with Gasteiger partial charge in [-0.2, -0.15) is 0 Å². The summed E-state index contributed by atoms with van der Waals surface area (Å²) in [6, 6.07) is 17.5. The molecular weight excluding hydrogens is 460 g/mol. The third kappa shape index (κ3) is 5.70. The average molecular weight is 497 g/mol. The molecule has 0 unspecified atom stereocenters. The van der Waals surface area contributed by atoms with Crippen molar-refractivity contribution in [3.8, 4) is 0 Å². The second kappa shape index (κ2) is 11.2. The molecule has 0 atom stereocenters. The first-order chi connectivity index (χ1) is 18.0. The minimum atomic E-state index is -0.210. The molecule has 0 saturated carbocycles. The zero-order valence-corrected chi connectivity index (χ0v) is 21.8. The number of anilines is 4. The van der Waals surface area contributed by atoms with Crippen LogP contribution in [0.25, 0.3) is 0 Å². The number of benzene rings is 3. The molecular formula is C31H36N4O2. The van der Waals surface area contributed by atoms with Crippen LogP contribution in [0.1, 0.15) is 63.1 Å². The number of carbonyl (C=O) groups is 2. The van der Waals surface area contributed by atoms with Gasteiger partial charge in [0.05, 0.1) is 5.69 Å². The highest BCUT2D eigenvalue weighted by molar-refractivity contribution is 6.12. The Kier molecular flexibility index (Phi) is 7.56. The van der Waals surface area contributed by atoms with E-state index in [2.05, 4.69) is 40.8 Å². The molecule has 1 aliphatic heterocycles. The summed E-state index contributed by atoms with van der Waals surface area (Å²) in [4.78, 5) is 28.3. The maximum absolute atomic E-state index is 13.0. The van der Waals surface area contributed by atoms with Crippen molar-refractivity contribution in [2.24, 2.45) is 0 Å². The van der Waals surface area contributed by atoms with E-state index in [1.165, 1.54) is 37.1 Å². The van der Waals surface area contributed by atoms with Gasteiger partial charge >= 0.3 is 0 Å². The van der Waals surface area contributed by atoms with Crippen molar-refractivity contribution in [2.75, 3.05) is 42.1 Å². The minimum Gasteiger partial charge on any atom is -0.385 e. The molecule has 6 nitrogen and oxygen atoms in total. The zero-order chi connectivity index (χ0) is 25.8. The Morgan fingerprint density at radius 1 is 0.892 bits per heavy atom. The molecule has 0 spiro atoms. The van der Waals surface area contributed by atoms with Gasteiger partial charge in [0.2, 0.25) is 0 Å². The topological polar surface area (TPSA) is 73.5 Å². The SMILES string of the molecule is Cc1cccc(Nc2ccc(NC(=O)c3ccc(NCCCN4CCCC4)cc3)c3c2CCC3=O)c1C. The van der Waals surface area contributed by atoms with Gasteiger partial charge < -0.3 is 20.9 Å². The number of rotatable bonds is 9. The van der Waals surface area contributed by atoms with E-state index in [4.69, 9.17) is 0 Å². The third-order valence-corrected chi connectivity index (χ3v) is 7.64. The van der Waals surface area contributed by atoms with Gasteiger partial charge in [-0.15, -0.1) is 0 Å². The van der Waals surface area contributed by atoms with Crippen LogP contribution in [0, 0.1) is 13.8 Å². The molecule has 1 saturated heterocycles. The molecule has 3 N–H and O–H groups in total. The van der Waals surface area contributed by atoms with Gasteiger partial charge in [0.1, 0.15) is 0 Å². The molecule has 1 fully saturated rings. The van der Waals surface area contributed by atoms with E-state index in [0.717, 1.165) is 42.1 Å². The lowest BCUT2D eigenvalue weighted by Gasteiger charge is -2.17. The lowest BCUT2D eigenvalue weighted by Crippen LogP contribution is -2.22. The fraction of sp³-hybridized carbons (Fsp3) is 0.355. The number of carbonyl (C=O) groups excluding carboxylic acids is 2. The van der Waals surface area contributed by atoms with E-state index >= 15 is 0 Å². The Bertz CT molecular complexity index is 1290. The average Bonchev–Trinajstić information content (AvgIpc) is 3.57. The van der Waals surface area contributed by atoms with Crippen molar-refractivity contribution in [3.63, 3.8) is 0 Å². The van der Waals surface area contributed by atoms with Gasteiger partial charge in [0, 0.05) is 41.2 Å². The monoisotopic (exact) mass is 496 g/mol. The predicted molar refractivity (Wildman–Crippen MR) is 151 cm³/mol. The predicted octanol–water partition coefficient (Wildman–Crippen LogP) is 6.33. The number of ketones is 1. The molecule has 37 heavy (non-hydrogen) atoms. The standard InChI is InChI=1S/C31H36N4O2/c1-21-7-5-8-26(22(21)2)33-27-14-15-28(30-25(27)13-16-29(30)36)34-31(37)23-9-11-24(12-10-23)32-17-6-20-35-18-3-4-19-35/h5,7-12,14-15,32-33H,3-4,6,13,16-20H2,1-2H3,(H,34,37). The molecule has 1 aliphatic carbocycles. The normalized spacial score (nSPS) is 15.0. The first-order valence-corrected chi connectivity index (χ1v) is 13.4. The van der Waals surface area contributed by atoms with Crippen LogP contribution in [0.15, 0.2) is 54.6 Å². The molecule has 0 aromatic heterocycles. The van der Waals surface area contributed by atoms with E-state index < -0.39 is 0 Å². The Labute approximate surface area is 219 Å². The van der Waals surface area contributed by atoms with E-state index in [1.807, 2.05) is 48.5 Å². The van der Waals surface area contributed by atoms with Crippen LogP contribution in [0.5, 0.6) is 0 Å². The summed E-state index contributed by atoms with van der Waals surface area (Å²) in [7, 11) is 0. The number of nitrogens with one attached hydrogen (secondary N) is 3. The number of amides is 1. The summed E-state index contributed by atoms with van der Waals surface area (Å²) in [5, 5.41) is 9.95. The molecule has 5 rings (SSSR count). The second-order valence-electron chi connectivity index (χ2n) is 10.2. The van der Waals surface area contributed by atoms with Crippen molar-refractivity contribution in [1.82, 2.24) is 4.90 Å². The molecule has 0 bridgehead atoms. The first-order valence-electron chi connectivity index (χ1n) is 13.4. The van der Waals surface area contributed by atoms with Crippen molar-refractivity contribution in [3.05, 3.63) is 82.4 Å². The number of aryl methyl sites for hydroxylation is 1. The number of likely N-dealkylation sites (tertiary alicyclic amines) is 1. The molecule has 1 amide bonds. The van der Waals surface area contributed by atoms with Crippen LogP contribution in [0.4, 0.5) is 22.7 Å². The Morgan fingerprint density at radius 3 is 2.43 bits per heavy atom. The van der Waals surface area contributed by atoms with Crippen molar-refractivity contribution in [1.29, 1.82) is 0 Å². The highest BCUT2D eigenvalue weighted by Crippen LogP contribution is 2.37. The van der Waals surface area contributed by atoms with Gasteiger partial charge in [-0.05, 0) is 118 Å². The summed E-state index contributed by atoms with van der Waals surface area (Å²) in [5.41, 5.74) is 8.11. The van der Waals surface area contributed by atoms with Crippen molar-refractivity contribution >= 4 is 34.4 Å². The molecule has 3 aromatic rings. The van der Waals surface area contributed by atoms with Crippen molar-refractivity contribution in [2.45, 2.75) is 46.0 Å². The van der Waals surface area contributed by atoms with E-state index in [1.54, 1.807) is 0 Å². The number of fused-ring (bicyclic) bond motifs is 1. The summed E-state index contributed by atoms with van der Waals surface area (Å²) in [6.45, 7) is 8.68. The molecule has 3 aromatic carbocycles. The quantitative estimate of drug-likeness (QED) is 0.302. The molecule has 1 heterocycles. The minimum absolute atomic E-state index is 0.0726. The van der Waals surface area contributed by atoms with Crippen molar-refractivity contribution < 1.29 is 9.59 Å². The smallest absolute Gasteiger partial charge is 0.255 e. The lowest BCUT2D eigenvalue weighted by molar-refractivity contribution is 0.0995. The van der Waals surface area contributed by atoms with Crippen LogP contribution in [-0.2, 0) is 6.42 Å². The highest BCUT2D eigenvalue weighted by atomic mass is 16.2.